The van der Waals surface area contributed by atoms with Crippen LogP contribution in [-0.4, -0.2) is 20.2 Å². The number of carbonyl (C=O) groups is 1. The van der Waals surface area contributed by atoms with Crippen LogP contribution in [0, 0.1) is 17.1 Å². The molecule has 0 fully saturated rings. The van der Waals surface area contributed by atoms with Crippen LogP contribution in [-0.2, 0) is 0 Å². The second kappa shape index (κ2) is 9.79. The van der Waals surface area contributed by atoms with E-state index >= 15 is 0 Å². The van der Waals surface area contributed by atoms with Gasteiger partial charge in [-0.1, -0.05) is 29.8 Å². The number of hydrogen-bond acceptors (Lipinski definition) is 5. The first-order chi connectivity index (χ1) is 15.0. The van der Waals surface area contributed by atoms with Gasteiger partial charge in [-0.2, -0.15) is 5.26 Å². The lowest BCUT2D eigenvalue weighted by Gasteiger charge is -2.09. The Morgan fingerprint density at radius 3 is 2.35 bits per heavy atom. The number of methoxy groups -OCH3 is 2. The number of nitrogens with zero attached hydrogens (tertiary/aromatic N) is 1. The van der Waals surface area contributed by atoms with Crippen molar-refractivity contribution in [2.24, 2.45) is 0 Å². The van der Waals surface area contributed by atoms with E-state index < -0.39 is 11.8 Å². The second-order valence-corrected chi connectivity index (χ2v) is 6.70. The number of carbonyl (C=O) groups excluding carboxylic acids is 1. The van der Waals surface area contributed by atoms with Crippen molar-refractivity contribution in [3.63, 3.8) is 0 Å². The van der Waals surface area contributed by atoms with Gasteiger partial charge >= 0.3 is 5.97 Å². The predicted molar refractivity (Wildman–Crippen MR) is 116 cm³/mol. The van der Waals surface area contributed by atoms with E-state index in [-0.39, 0.29) is 16.3 Å². The van der Waals surface area contributed by atoms with E-state index in [1.807, 2.05) is 0 Å². The molecule has 31 heavy (non-hydrogen) atoms. The largest absolute Gasteiger partial charge is 0.493 e. The minimum Gasteiger partial charge on any atom is -0.493 e. The molecule has 0 amide bonds. The Balaban J connectivity index is 1.81. The van der Waals surface area contributed by atoms with Crippen LogP contribution in [0.4, 0.5) is 4.39 Å². The Labute approximate surface area is 183 Å². The zero-order valence-electron chi connectivity index (χ0n) is 16.7. The normalized spacial score (nSPS) is 10.9. The van der Waals surface area contributed by atoms with Crippen LogP contribution in [0.1, 0.15) is 21.5 Å². The van der Waals surface area contributed by atoms with Crippen LogP contribution in [0.3, 0.4) is 0 Å². The van der Waals surface area contributed by atoms with Crippen molar-refractivity contribution in [2.45, 2.75) is 0 Å². The van der Waals surface area contributed by atoms with Crippen molar-refractivity contribution in [1.29, 1.82) is 5.26 Å². The van der Waals surface area contributed by atoms with Crippen molar-refractivity contribution < 1.29 is 23.4 Å². The standard InChI is InChI=1S/C24H17ClFNO4/c1-29-21-11-8-16(13-22(21)30-2)17(14-27)12-15-6-9-18(10-7-15)31-24(28)23-19(25)4-3-5-20(23)26/h3-13H,1-2H3/b17-12-. The molecular weight excluding hydrogens is 421 g/mol. The van der Waals surface area contributed by atoms with Crippen molar-refractivity contribution in [3.05, 3.63) is 88.2 Å². The maximum Gasteiger partial charge on any atom is 0.348 e. The Morgan fingerprint density at radius 1 is 1.03 bits per heavy atom. The maximum atomic E-state index is 13.9. The maximum absolute atomic E-state index is 13.9. The summed E-state index contributed by atoms with van der Waals surface area (Å²) < 4.78 is 29.6. The Hall–Kier alpha value is -3.82. The lowest BCUT2D eigenvalue weighted by atomic mass is 10.0. The summed E-state index contributed by atoms with van der Waals surface area (Å²) in [6, 6.07) is 17.7. The van der Waals surface area contributed by atoms with E-state index in [4.69, 9.17) is 25.8 Å². The zero-order chi connectivity index (χ0) is 22.4. The van der Waals surface area contributed by atoms with Gasteiger partial charge in [0.05, 0.1) is 30.9 Å². The summed E-state index contributed by atoms with van der Waals surface area (Å²) in [5.74, 6) is -0.369. The van der Waals surface area contributed by atoms with Crippen molar-refractivity contribution >= 4 is 29.2 Å². The average Bonchev–Trinajstić information content (AvgIpc) is 2.78. The van der Waals surface area contributed by atoms with E-state index in [0.717, 1.165) is 6.07 Å². The molecule has 0 N–H and O–H groups in total. The molecule has 0 aliphatic heterocycles. The van der Waals surface area contributed by atoms with Gasteiger partial charge in [0.2, 0.25) is 0 Å². The summed E-state index contributed by atoms with van der Waals surface area (Å²) in [4.78, 5) is 12.2. The number of allylic oxidation sites excluding steroid dienone is 1. The molecule has 0 radical (unpaired) electrons. The van der Waals surface area contributed by atoms with Gasteiger partial charge < -0.3 is 14.2 Å². The highest BCUT2D eigenvalue weighted by atomic mass is 35.5. The lowest BCUT2D eigenvalue weighted by molar-refractivity contribution is 0.0730. The first-order valence-corrected chi connectivity index (χ1v) is 9.45. The molecule has 0 heterocycles. The molecule has 0 unspecified atom stereocenters. The van der Waals surface area contributed by atoms with Gasteiger partial charge in [0, 0.05) is 0 Å². The summed E-state index contributed by atoms with van der Waals surface area (Å²) in [7, 11) is 3.05. The Bertz CT molecular complexity index is 1160. The Kier molecular flexibility index (Phi) is 6.91. The SMILES string of the molecule is COc1ccc(/C(C#N)=C\c2ccc(OC(=O)c3c(F)cccc3Cl)cc2)cc1OC. The summed E-state index contributed by atoms with van der Waals surface area (Å²) in [5.41, 5.74) is 1.44. The number of esters is 1. The molecule has 7 heteroatoms. The van der Waals surface area contributed by atoms with E-state index in [1.54, 1.807) is 48.5 Å². The molecule has 0 spiro atoms. The number of halogens is 2. The van der Waals surface area contributed by atoms with Crippen LogP contribution in [0.25, 0.3) is 11.6 Å². The molecule has 0 aromatic heterocycles. The van der Waals surface area contributed by atoms with Crippen LogP contribution < -0.4 is 14.2 Å². The molecule has 3 rings (SSSR count). The molecule has 0 saturated heterocycles. The van der Waals surface area contributed by atoms with Gasteiger partial charge in [0.15, 0.2) is 11.5 Å². The molecule has 5 nitrogen and oxygen atoms in total. The number of rotatable bonds is 6. The van der Waals surface area contributed by atoms with E-state index in [0.29, 0.717) is 28.2 Å². The van der Waals surface area contributed by atoms with Gasteiger partial charge in [-0.05, 0) is 59.7 Å². The summed E-state index contributed by atoms with van der Waals surface area (Å²) in [6.45, 7) is 0. The van der Waals surface area contributed by atoms with Gasteiger partial charge in [0.25, 0.3) is 0 Å². The highest BCUT2D eigenvalue weighted by Gasteiger charge is 2.18. The van der Waals surface area contributed by atoms with Crippen molar-refractivity contribution in [1.82, 2.24) is 0 Å². The quantitative estimate of drug-likeness (QED) is 0.211. The van der Waals surface area contributed by atoms with Crippen molar-refractivity contribution in [3.8, 4) is 23.3 Å². The number of benzene rings is 3. The third kappa shape index (κ3) is 5.03. The van der Waals surface area contributed by atoms with E-state index in [9.17, 15) is 14.4 Å². The van der Waals surface area contributed by atoms with Crippen LogP contribution in [0.2, 0.25) is 5.02 Å². The monoisotopic (exact) mass is 437 g/mol. The summed E-state index contributed by atoms with van der Waals surface area (Å²) >= 11 is 5.89. The molecule has 3 aromatic carbocycles. The molecule has 0 saturated carbocycles. The molecule has 0 aliphatic carbocycles. The lowest BCUT2D eigenvalue weighted by Crippen LogP contribution is -2.11. The minimum atomic E-state index is -0.894. The topological polar surface area (TPSA) is 68.5 Å². The number of nitriles is 1. The average molecular weight is 438 g/mol. The zero-order valence-corrected chi connectivity index (χ0v) is 17.4. The van der Waals surface area contributed by atoms with Gasteiger partial charge in [-0.15, -0.1) is 0 Å². The summed E-state index contributed by atoms with van der Waals surface area (Å²) in [5, 5.41) is 9.55. The van der Waals surface area contributed by atoms with Crippen molar-refractivity contribution in [2.75, 3.05) is 14.2 Å². The fourth-order valence-electron chi connectivity index (χ4n) is 2.83. The fraction of sp³-hybridized carbons (Fsp3) is 0.0833. The third-order valence-corrected chi connectivity index (χ3v) is 4.70. The summed E-state index contributed by atoms with van der Waals surface area (Å²) in [6.07, 6.45) is 1.68. The third-order valence-electron chi connectivity index (χ3n) is 4.38. The van der Waals surface area contributed by atoms with Crippen LogP contribution in [0.15, 0.2) is 60.7 Å². The van der Waals surface area contributed by atoms with E-state index in [1.165, 1.54) is 26.4 Å². The highest BCUT2D eigenvalue weighted by Crippen LogP contribution is 2.31. The molecule has 3 aromatic rings. The first kappa shape index (κ1) is 21.9. The number of hydrogen-bond donors (Lipinski definition) is 0. The van der Waals surface area contributed by atoms with Gasteiger partial charge in [-0.3, -0.25) is 0 Å². The molecule has 156 valence electrons. The van der Waals surface area contributed by atoms with Crippen LogP contribution in [0.5, 0.6) is 17.2 Å². The predicted octanol–water partition coefficient (Wildman–Crippen LogP) is 5.78. The minimum absolute atomic E-state index is 0.0295. The molecule has 0 aliphatic rings. The molecular formula is C24H17ClFNO4. The fourth-order valence-corrected chi connectivity index (χ4v) is 3.07. The van der Waals surface area contributed by atoms with E-state index in [2.05, 4.69) is 6.07 Å². The van der Waals surface area contributed by atoms with Gasteiger partial charge in [0.1, 0.15) is 17.1 Å². The highest BCUT2D eigenvalue weighted by molar-refractivity contribution is 6.33. The molecule has 0 bridgehead atoms. The Morgan fingerprint density at radius 2 is 1.74 bits per heavy atom. The smallest absolute Gasteiger partial charge is 0.348 e. The van der Waals surface area contributed by atoms with Gasteiger partial charge in [-0.25, -0.2) is 9.18 Å². The second-order valence-electron chi connectivity index (χ2n) is 6.29. The van der Waals surface area contributed by atoms with Crippen LogP contribution >= 0.6 is 11.6 Å². The first-order valence-electron chi connectivity index (χ1n) is 9.07. The number of ether oxygens (including phenoxy) is 3. The molecule has 0 atom stereocenters.